The van der Waals surface area contributed by atoms with E-state index in [2.05, 4.69) is 12.2 Å². The molecule has 0 saturated carbocycles. The summed E-state index contributed by atoms with van der Waals surface area (Å²) in [6.45, 7) is 6.82. The van der Waals surface area contributed by atoms with E-state index in [-0.39, 0.29) is 24.1 Å². The van der Waals surface area contributed by atoms with Crippen molar-refractivity contribution < 1.29 is 9.53 Å². The van der Waals surface area contributed by atoms with E-state index in [1.807, 2.05) is 11.8 Å². The number of nitrogens with zero attached hydrogens (tertiary/aromatic N) is 1. The molecular weight excluding hydrogens is 228 g/mol. The van der Waals surface area contributed by atoms with Crippen LogP contribution < -0.4 is 5.32 Å². The van der Waals surface area contributed by atoms with Crippen LogP contribution in [0.15, 0.2) is 0 Å². The van der Waals surface area contributed by atoms with Crippen molar-refractivity contribution in [2.75, 3.05) is 19.7 Å². The van der Waals surface area contributed by atoms with Crippen LogP contribution in [0.4, 0.5) is 0 Å². The van der Waals surface area contributed by atoms with Crippen molar-refractivity contribution in [1.29, 1.82) is 0 Å². The molecule has 0 aromatic heterocycles. The Kier molecular flexibility index (Phi) is 5.01. The van der Waals surface area contributed by atoms with Gasteiger partial charge in [0.2, 0.25) is 5.91 Å². The van der Waals surface area contributed by atoms with Gasteiger partial charge in [0.25, 0.3) is 0 Å². The van der Waals surface area contributed by atoms with Gasteiger partial charge in [-0.3, -0.25) is 4.79 Å². The molecule has 18 heavy (non-hydrogen) atoms. The van der Waals surface area contributed by atoms with Crippen molar-refractivity contribution in [3.8, 4) is 0 Å². The van der Waals surface area contributed by atoms with E-state index in [1.54, 1.807) is 0 Å². The van der Waals surface area contributed by atoms with Gasteiger partial charge in [0.1, 0.15) is 0 Å². The SMILES string of the molecule is CC(NC(C)C1CCCO1)C(=O)N1CCCCC1. The molecule has 1 N–H and O–H groups in total. The highest BCUT2D eigenvalue weighted by atomic mass is 16.5. The third kappa shape index (κ3) is 3.45. The van der Waals surface area contributed by atoms with Crippen LogP contribution >= 0.6 is 0 Å². The Bertz CT molecular complexity index is 271. The molecule has 2 aliphatic heterocycles. The minimum atomic E-state index is -0.0951. The second-order valence-electron chi connectivity index (χ2n) is 5.61. The van der Waals surface area contributed by atoms with Gasteiger partial charge in [0.05, 0.1) is 12.1 Å². The fraction of sp³-hybridized carbons (Fsp3) is 0.929. The molecule has 0 aromatic rings. The van der Waals surface area contributed by atoms with Gasteiger partial charge in [-0.05, 0) is 46.0 Å². The van der Waals surface area contributed by atoms with E-state index in [4.69, 9.17) is 4.74 Å². The molecule has 104 valence electrons. The fourth-order valence-corrected chi connectivity index (χ4v) is 2.96. The first-order chi connectivity index (χ1) is 8.68. The Morgan fingerprint density at radius 1 is 1.22 bits per heavy atom. The second kappa shape index (κ2) is 6.53. The van der Waals surface area contributed by atoms with Crippen molar-refractivity contribution in [3.05, 3.63) is 0 Å². The summed E-state index contributed by atoms with van der Waals surface area (Å²) in [6, 6.07) is 0.165. The number of carbonyl (C=O) groups is 1. The lowest BCUT2D eigenvalue weighted by Gasteiger charge is -2.31. The van der Waals surface area contributed by atoms with Crippen LogP contribution in [0.2, 0.25) is 0 Å². The molecule has 2 aliphatic rings. The van der Waals surface area contributed by atoms with Crippen LogP contribution in [-0.4, -0.2) is 48.7 Å². The van der Waals surface area contributed by atoms with Gasteiger partial charge in [-0.25, -0.2) is 0 Å². The predicted molar refractivity (Wildman–Crippen MR) is 71.5 cm³/mol. The Labute approximate surface area is 110 Å². The Morgan fingerprint density at radius 2 is 1.94 bits per heavy atom. The third-order valence-corrected chi connectivity index (χ3v) is 4.07. The number of hydrogen-bond acceptors (Lipinski definition) is 3. The quantitative estimate of drug-likeness (QED) is 0.827. The maximum atomic E-state index is 12.3. The second-order valence-corrected chi connectivity index (χ2v) is 5.61. The van der Waals surface area contributed by atoms with Gasteiger partial charge < -0.3 is 15.0 Å². The Hall–Kier alpha value is -0.610. The molecule has 4 heteroatoms. The van der Waals surface area contributed by atoms with E-state index < -0.39 is 0 Å². The number of likely N-dealkylation sites (tertiary alicyclic amines) is 1. The Morgan fingerprint density at radius 3 is 2.56 bits per heavy atom. The first-order valence-corrected chi connectivity index (χ1v) is 7.35. The molecule has 2 rings (SSSR count). The molecule has 0 aliphatic carbocycles. The fourth-order valence-electron chi connectivity index (χ4n) is 2.96. The summed E-state index contributed by atoms with van der Waals surface area (Å²) in [4.78, 5) is 14.3. The molecule has 3 unspecified atom stereocenters. The average Bonchev–Trinajstić information content (AvgIpc) is 2.92. The summed E-state index contributed by atoms with van der Waals surface area (Å²) in [5.74, 6) is 0.250. The maximum Gasteiger partial charge on any atom is 0.239 e. The molecular formula is C14H26N2O2. The van der Waals surface area contributed by atoms with Gasteiger partial charge in [0, 0.05) is 25.7 Å². The summed E-state index contributed by atoms with van der Waals surface area (Å²) >= 11 is 0. The van der Waals surface area contributed by atoms with Crippen molar-refractivity contribution in [2.24, 2.45) is 0 Å². The van der Waals surface area contributed by atoms with Crippen LogP contribution in [-0.2, 0) is 9.53 Å². The number of amides is 1. The van der Waals surface area contributed by atoms with Crippen molar-refractivity contribution in [1.82, 2.24) is 10.2 Å². The molecule has 0 radical (unpaired) electrons. The lowest BCUT2D eigenvalue weighted by Crippen LogP contribution is -2.51. The first kappa shape index (κ1) is 13.8. The molecule has 2 saturated heterocycles. The van der Waals surface area contributed by atoms with E-state index in [0.717, 1.165) is 45.4 Å². The monoisotopic (exact) mass is 254 g/mol. The van der Waals surface area contributed by atoms with Gasteiger partial charge in [0.15, 0.2) is 0 Å². The molecule has 0 spiro atoms. The van der Waals surface area contributed by atoms with Gasteiger partial charge in [-0.2, -0.15) is 0 Å². The number of carbonyl (C=O) groups excluding carboxylic acids is 1. The van der Waals surface area contributed by atoms with Gasteiger partial charge in [-0.1, -0.05) is 0 Å². The number of piperidine rings is 1. The minimum absolute atomic E-state index is 0.0951. The van der Waals surface area contributed by atoms with E-state index >= 15 is 0 Å². The zero-order chi connectivity index (χ0) is 13.0. The van der Waals surface area contributed by atoms with E-state index in [1.165, 1.54) is 6.42 Å². The molecule has 0 bridgehead atoms. The summed E-state index contributed by atoms with van der Waals surface area (Å²) in [7, 11) is 0. The van der Waals surface area contributed by atoms with Crippen molar-refractivity contribution in [2.45, 2.75) is 64.1 Å². The number of rotatable bonds is 4. The number of nitrogens with one attached hydrogen (secondary N) is 1. The molecule has 2 heterocycles. The van der Waals surface area contributed by atoms with Crippen LogP contribution in [0.1, 0.15) is 46.0 Å². The zero-order valence-corrected chi connectivity index (χ0v) is 11.7. The third-order valence-electron chi connectivity index (χ3n) is 4.07. The topological polar surface area (TPSA) is 41.6 Å². The van der Waals surface area contributed by atoms with Crippen molar-refractivity contribution in [3.63, 3.8) is 0 Å². The molecule has 3 atom stereocenters. The minimum Gasteiger partial charge on any atom is -0.377 e. The predicted octanol–water partition coefficient (Wildman–Crippen LogP) is 1.54. The highest BCUT2D eigenvalue weighted by Crippen LogP contribution is 2.16. The summed E-state index contributed by atoms with van der Waals surface area (Å²) < 4.78 is 5.65. The van der Waals surface area contributed by atoms with E-state index in [9.17, 15) is 4.79 Å². The maximum absolute atomic E-state index is 12.3. The molecule has 2 fully saturated rings. The zero-order valence-electron chi connectivity index (χ0n) is 11.7. The van der Waals surface area contributed by atoms with Gasteiger partial charge >= 0.3 is 0 Å². The molecule has 1 amide bonds. The van der Waals surface area contributed by atoms with Crippen LogP contribution in [0.25, 0.3) is 0 Å². The smallest absolute Gasteiger partial charge is 0.239 e. The van der Waals surface area contributed by atoms with Crippen LogP contribution in [0.3, 0.4) is 0 Å². The van der Waals surface area contributed by atoms with Crippen LogP contribution in [0, 0.1) is 0 Å². The molecule has 0 aromatic carbocycles. The summed E-state index contributed by atoms with van der Waals surface area (Å²) in [6.07, 6.45) is 6.10. The Balaban J connectivity index is 1.78. The lowest BCUT2D eigenvalue weighted by molar-refractivity contribution is -0.134. The highest BCUT2D eigenvalue weighted by molar-refractivity contribution is 5.81. The molecule has 4 nitrogen and oxygen atoms in total. The van der Waals surface area contributed by atoms with E-state index in [0.29, 0.717) is 0 Å². The number of hydrogen-bond donors (Lipinski definition) is 1. The summed E-state index contributed by atoms with van der Waals surface area (Å²) in [5, 5.41) is 3.40. The highest BCUT2D eigenvalue weighted by Gasteiger charge is 2.27. The number of ether oxygens (including phenoxy) is 1. The average molecular weight is 254 g/mol. The van der Waals surface area contributed by atoms with Gasteiger partial charge in [-0.15, -0.1) is 0 Å². The lowest BCUT2D eigenvalue weighted by atomic mass is 10.1. The standard InChI is InChI=1S/C14H26N2O2/c1-11(13-7-6-10-18-13)15-12(2)14(17)16-8-4-3-5-9-16/h11-13,15H,3-10H2,1-2H3. The van der Waals surface area contributed by atoms with Crippen LogP contribution in [0.5, 0.6) is 0 Å². The first-order valence-electron chi connectivity index (χ1n) is 7.35. The van der Waals surface area contributed by atoms with Crippen molar-refractivity contribution >= 4 is 5.91 Å². The largest absolute Gasteiger partial charge is 0.377 e. The summed E-state index contributed by atoms with van der Waals surface area (Å²) in [5.41, 5.74) is 0. The normalized spacial score (nSPS) is 28.1.